The third-order valence-corrected chi connectivity index (χ3v) is 5.33. The summed E-state index contributed by atoms with van der Waals surface area (Å²) in [6, 6.07) is 22.7. The molecule has 3 aromatic rings. The lowest BCUT2D eigenvalue weighted by Gasteiger charge is -2.47. The highest BCUT2D eigenvalue weighted by Crippen LogP contribution is 2.50. The maximum atomic E-state index is 6.59. The van der Waals surface area contributed by atoms with Gasteiger partial charge in [-0.2, -0.15) is 0 Å². The van der Waals surface area contributed by atoms with Gasteiger partial charge >= 0.3 is 0 Å². The van der Waals surface area contributed by atoms with Crippen LogP contribution in [0.5, 0.6) is 5.75 Å². The summed E-state index contributed by atoms with van der Waals surface area (Å²) in [7, 11) is 2.08. The van der Waals surface area contributed by atoms with Gasteiger partial charge < -0.3 is 9.64 Å². The molecule has 1 unspecified atom stereocenters. The molecule has 1 spiro atoms. The van der Waals surface area contributed by atoms with Crippen LogP contribution < -0.4 is 9.64 Å². The minimum atomic E-state index is -0.661. The normalized spacial score (nSPS) is 19.8. The molecule has 0 radical (unpaired) electrons. The topological polar surface area (TPSA) is 12.5 Å². The first-order valence-electron chi connectivity index (χ1n) is 8.30. The Labute approximate surface area is 151 Å². The zero-order valence-corrected chi connectivity index (χ0v) is 14.5. The van der Waals surface area contributed by atoms with Crippen LogP contribution in [0.4, 0.5) is 5.69 Å². The third kappa shape index (κ3) is 1.98. The van der Waals surface area contributed by atoms with Crippen LogP contribution in [0.3, 0.4) is 0 Å². The van der Waals surface area contributed by atoms with Crippen LogP contribution in [0.25, 0.3) is 17.2 Å². The van der Waals surface area contributed by atoms with Gasteiger partial charge in [-0.3, -0.25) is 0 Å². The Morgan fingerprint density at radius 2 is 1.68 bits per heavy atom. The maximum Gasteiger partial charge on any atom is 0.229 e. The van der Waals surface area contributed by atoms with E-state index in [0.29, 0.717) is 5.02 Å². The van der Waals surface area contributed by atoms with E-state index in [2.05, 4.69) is 72.6 Å². The van der Waals surface area contributed by atoms with Gasteiger partial charge in [0.1, 0.15) is 5.75 Å². The molecule has 0 amide bonds. The number of para-hydroxylation sites is 1. The fourth-order valence-electron chi connectivity index (χ4n) is 3.86. The second-order valence-electron chi connectivity index (χ2n) is 6.44. The van der Waals surface area contributed by atoms with Crippen molar-refractivity contribution < 1.29 is 4.74 Å². The average Bonchev–Trinajstić information content (AvgIpc) is 2.66. The number of hydrogen-bond donors (Lipinski definition) is 0. The second kappa shape index (κ2) is 5.14. The van der Waals surface area contributed by atoms with Crippen molar-refractivity contribution in [1.82, 2.24) is 0 Å². The molecule has 0 saturated heterocycles. The Morgan fingerprint density at radius 1 is 0.920 bits per heavy atom. The quantitative estimate of drug-likeness (QED) is 0.517. The number of rotatable bonds is 0. The van der Waals surface area contributed by atoms with Crippen molar-refractivity contribution in [2.24, 2.45) is 0 Å². The van der Waals surface area contributed by atoms with E-state index in [9.17, 15) is 0 Å². The van der Waals surface area contributed by atoms with Gasteiger partial charge in [0.25, 0.3) is 0 Å². The summed E-state index contributed by atoms with van der Waals surface area (Å²) < 4.78 is 6.59. The van der Waals surface area contributed by atoms with Crippen molar-refractivity contribution in [3.63, 3.8) is 0 Å². The molecule has 5 rings (SSSR count). The first-order valence-corrected chi connectivity index (χ1v) is 8.67. The van der Waals surface area contributed by atoms with Crippen LogP contribution in [-0.2, 0) is 5.72 Å². The fourth-order valence-corrected chi connectivity index (χ4v) is 4.04. The molecular formula is C22H16ClNO. The molecule has 0 aromatic heterocycles. The molecule has 3 heteroatoms. The molecule has 122 valence electrons. The Morgan fingerprint density at radius 3 is 2.56 bits per heavy atom. The molecule has 2 aliphatic rings. The van der Waals surface area contributed by atoms with Gasteiger partial charge in [-0.05, 0) is 42.0 Å². The van der Waals surface area contributed by atoms with Crippen molar-refractivity contribution >= 4 is 23.4 Å². The summed E-state index contributed by atoms with van der Waals surface area (Å²) in [5.41, 5.74) is 5.08. The monoisotopic (exact) mass is 345 g/mol. The highest BCUT2D eigenvalue weighted by Gasteiger charge is 2.44. The molecule has 0 N–H and O–H groups in total. The van der Waals surface area contributed by atoms with Crippen molar-refractivity contribution in [2.45, 2.75) is 5.72 Å². The SMILES string of the molecule is CN1c2ccccc2-c2ccccc2C12C=Cc1cc(Cl)ccc1O2. The third-order valence-electron chi connectivity index (χ3n) is 5.09. The van der Waals surface area contributed by atoms with E-state index in [-0.39, 0.29) is 0 Å². The van der Waals surface area contributed by atoms with Crippen LogP contribution in [0, 0.1) is 0 Å². The largest absolute Gasteiger partial charge is 0.459 e. The highest BCUT2D eigenvalue weighted by atomic mass is 35.5. The Balaban J connectivity index is 1.77. The summed E-state index contributed by atoms with van der Waals surface area (Å²) in [4.78, 5) is 2.21. The Kier molecular flexibility index (Phi) is 3.01. The lowest BCUT2D eigenvalue weighted by atomic mass is 9.84. The van der Waals surface area contributed by atoms with E-state index >= 15 is 0 Å². The summed E-state index contributed by atoms with van der Waals surface area (Å²) in [5, 5.41) is 0.714. The highest BCUT2D eigenvalue weighted by molar-refractivity contribution is 6.30. The number of anilines is 1. The van der Waals surface area contributed by atoms with E-state index < -0.39 is 5.72 Å². The number of hydrogen-bond acceptors (Lipinski definition) is 2. The van der Waals surface area contributed by atoms with Gasteiger partial charge in [-0.1, -0.05) is 54.1 Å². The van der Waals surface area contributed by atoms with Crippen LogP contribution in [0.1, 0.15) is 11.1 Å². The van der Waals surface area contributed by atoms with Crippen molar-refractivity contribution in [3.8, 4) is 16.9 Å². The number of fused-ring (bicyclic) bond motifs is 5. The van der Waals surface area contributed by atoms with Gasteiger partial charge in [-0.15, -0.1) is 0 Å². The zero-order valence-electron chi connectivity index (χ0n) is 13.7. The number of likely N-dealkylation sites (N-methyl/N-ethyl adjacent to an activating group) is 1. The van der Waals surface area contributed by atoms with Crippen molar-refractivity contribution in [2.75, 3.05) is 11.9 Å². The van der Waals surface area contributed by atoms with E-state index in [1.54, 1.807) is 0 Å². The Hall–Kier alpha value is -2.71. The maximum absolute atomic E-state index is 6.59. The standard InChI is InChI=1S/C22H16ClNO/c1-24-20-9-5-3-7-18(20)17-6-2-4-8-19(17)22(24)13-12-15-14-16(23)10-11-21(15)25-22/h2-14H,1H3. The molecule has 0 aliphatic carbocycles. The van der Waals surface area contributed by atoms with E-state index in [1.807, 2.05) is 18.2 Å². The first-order chi connectivity index (χ1) is 12.2. The summed E-state index contributed by atoms with van der Waals surface area (Å²) in [6.45, 7) is 0. The predicted molar refractivity (Wildman–Crippen MR) is 103 cm³/mol. The molecule has 0 bridgehead atoms. The molecule has 1 atom stereocenters. The average molecular weight is 346 g/mol. The fraction of sp³-hybridized carbons (Fsp3) is 0.0909. The molecule has 3 aromatic carbocycles. The molecule has 0 fully saturated rings. The van der Waals surface area contributed by atoms with Gasteiger partial charge in [0.05, 0.1) is 0 Å². The second-order valence-corrected chi connectivity index (χ2v) is 6.87. The minimum Gasteiger partial charge on any atom is -0.459 e. The van der Waals surface area contributed by atoms with Gasteiger partial charge in [0.2, 0.25) is 5.72 Å². The smallest absolute Gasteiger partial charge is 0.229 e. The van der Waals surface area contributed by atoms with Crippen molar-refractivity contribution in [1.29, 1.82) is 0 Å². The van der Waals surface area contributed by atoms with Crippen LogP contribution in [0.15, 0.2) is 72.8 Å². The molecule has 2 heterocycles. The zero-order chi connectivity index (χ0) is 17.0. The van der Waals surface area contributed by atoms with Crippen molar-refractivity contribution in [3.05, 3.63) is 89.0 Å². The lowest BCUT2D eigenvalue weighted by Crippen LogP contribution is -2.50. The summed E-state index contributed by atoms with van der Waals surface area (Å²) in [5.74, 6) is 0.841. The number of halogens is 1. The predicted octanol–water partition coefficient (Wildman–Crippen LogP) is 5.72. The van der Waals surface area contributed by atoms with E-state index in [4.69, 9.17) is 16.3 Å². The summed E-state index contributed by atoms with van der Waals surface area (Å²) >= 11 is 6.13. The number of benzene rings is 3. The van der Waals surface area contributed by atoms with Crippen LogP contribution >= 0.6 is 11.6 Å². The molecule has 0 saturated carbocycles. The van der Waals surface area contributed by atoms with Gasteiger partial charge in [0, 0.05) is 34.4 Å². The molecule has 2 aliphatic heterocycles. The summed E-state index contributed by atoms with van der Waals surface area (Å²) in [6.07, 6.45) is 4.23. The van der Waals surface area contributed by atoms with E-state index in [1.165, 1.54) is 11.1 Å². The molecule has 2 nitrogen and oxygen atoms in total. The Bertz CT molecular complexity index is 1030. The molecule has 25 heavy (non-hydrogen) atoms. The van der Waals surface area contributed by atoms with E-state index in [0.717, 1.165) is 22.6 Å². The van der Waals surface area contributed by atoms with Gasteiger partial charge in [-0.25, -0.2) is 0 Å². The van der Waals surface area contributed by atoms with Crippen LogP contribution in [0.2, 0.25) is 5.02 Å². The number of nitrogens with zero attached hydrogens (tertiary/aromatic N) is 1. The first kappa shape index (κ1) is 14.6. The number of ether oxygens (including phenoxy) is 1. The minimum absolute atomic E-state index is 0.661. The molecular weight excluding hydrogens is 330 g/mol. The lowest BCUT2D eigenvalue weighted by molar-refractivity contribution is 0.116. The van der Waals surface area contributed by atoms with Gasteiger partial charge in [0.15, 0.2) is 0 Å². The van der Waals surface area contributed by atoms with Crippen LogP contribution in [-0.4, -0.2) is 7.05 Å².